The standard InChI is InChI=1S/C11H16OS/c1-3-9(2)11(12)5-4-10-6-7-13-8-10/h6-9H,3-5H2,1-2H3. The smallest absolute Gasteiger partial charge is 0.136 e. The number of carbonyl (C=O) groups excluding carboxylic acids is 1. The minimum atomic E-state index is 0.235. The molecule has 1 heterocycles. The Morgan fingerprint density at radius 2 is 2.38 bits per heavy atom. The monoisotopic (exact) mass is 196 g/mol. The van der Waals surface area contributed by atoms with Crippen molar-refractivity contribution in [1.29, 1.82) is 0 Å². The Balaban J connectivity index is 2.31. The van der Waals surface area contributed by atoms with Crippen LogP contribution in [-0.4, -0.2) is 5.78 Å². The molecule has 0 bridgehead atoms. The highest BCUT2D eigenvalue weighted by Crippen LogP contribution is 2.12. The first-order valence-electron chi connectivity index (χ1n) is 4.77. The molecule has 0 saturated carbocycles. The minimum absolute atomic E-state index is 0.235. The third-order valence-corrected chi connectivity index (χ3v) is 3.13. The number of rotatable bonds is 5. The van der Waals surface area contributed by atoms with Gasteiger partial charge in [0.25, 0.3) is 0 Å². The molecule has 0 saturated heterocycles. The summed E-state index contributed by atoms with van der Waals surface area (Å²) < 4.78 is 0. The molecular formula is C11H16OS. The fraction of sp³-hybridized carbons (Fsp3) is 0.545. The van der Waals surface area contributed by atoms with Crippen molar-refractivity contribution >= 4 is 17.1 Å². The second-order valence-electron chi connectivity index (χ2n) is 3.41. The summed E-state index contributed by atoms with van der Waals surface area (Å²) in [5.74, 6) is 0.632. The van der Waals surface area contributed by atoms with Crippen LogP contribution < -0.4 is 0 Å². The molecule has 0 aliphatic heterocycles. The van der Waals surface area contributed by atoms with Crippen LogP contribution in [0.25, 0.3) is 0 Å². The molecule has 0 aromatic carbocycles. The summed E-state index contributed by atoms with van der Waals surface area (Å²) >= 11 is 1.69. The van der Waals surface area contributed by atoms with Crippen LogP contribution >= 0.6 is 11.3 Å². The molecule has 0 N–H and O–H groups in total. The summed E-state index contributed by atoms with van der Waals surface area (Å²) in [6.45, 7) is 4.07. The number of aryl methyl sites for hydroxylation is 1. The molecule has 0 spiro atoms. The molecule has 1 aromatic heterocycles. The Labute approximate surface area is 83.8 Å². The van der Waals surface area contributed by atoms with Crippen molar-refractivity contribution in [1.82, 2.24) is 0 Å². The van der Waals surface area contributed by atoms with E-state index in [4.69, 9.17) is 0 Å². The maximum Gasteiger partial charge on any atom is 0.136 e. The molecule has 0 aliphatic carbocycles. The van der Waals surface area contributed by atoms with E-state index < -0.39 is 0 Å². The average molecular weight is 196 g/mol. The van der Waals surface area contributed by atoms with Crippen molar-refractivity contribution in [3.63, 3.8) is 0 Å². The van der Waals surface area contributed by atoms with E-state index in [1.165, 1.54) is 5.56 Å². The van der Waals surface area contributed by atoms with Gasteiger partial charge in [0.05, 0.1) is 0 Å². The van der Waals surface area contributed by atoms with Crippen LogP contribution in [0.1, 0.15) is 32.3 Å². The zero-order chi connectivity index (χ0) is 9.68. The van der Waals surface area contributed by atoms with Crippen molar-refractivity contribution in [2.24, 2.45) is 5.92 Å². The van der Waals surface area contributed by atoms with Crippen molar-refractivity contribution in [3.05, 3.63) is 22.4 Å². The van der Waals surface area contributed by atoms with E-state index in [1.807, 2.05) is 6.92 Å². The molecule has 72 valence electrons. The summed E-state index contributed by atoms with van der Waals surface area (Å²) in [6.07, 6.45) is 2.57. The lowest BCUT2D eigenvalue weighted by Gasteiger charge is -2.05. The van der Waals surface area contributed by atoms with E-state index in [0.29, 0.717) is 12.2 Å². The van der Waals surface area contributed by atoms with Gasteiger partial charge in [0, 0.05) is 12.3 Å². The fourth-order valence-electron chi connectivity index (χ4n) is 1.18. The van der Waals surface area contributed by atoms with Gasteiger partial charge in [-0.25, -0.2) is 0 Å². The first-order valence-corrected chi connectivity index (χ1v) is 5.72. The second-order valence-corrected chi connectivity index (χ2v) is 4.19. The highest BCUT2D eigenvalue weighted by atomic mass is 32.1. The molecule has 0 fully saturated rings. The van der Waals surface area contributed by atoms with Crippen molar-refractivity contribution < 1.29 is 4.79 Å². The largest absolute Gasteiger partial charge is 0.299 e. The predicted octanol–water partition coefficient (Wildman–Crippen LogP) is 3.30. The molecule has 0 aliphatic rings. The minimum Gasteiger partial charge on any atom is -0.299 e. The zero-order valence-electron chi connectivity index (χ0n) is 8.25. The Kier molecular flexibility index (Phi) is 4.16. The van der Waals surface area contributed by atoms with E-state index in [9.17, 15) is 4.79 Å². The van der Waals surface area contributed by atoms with Gasteiger partial charge in [0.15, 0.2) is 0 Å². The number of Topliss-reactive ketones (excluding diaryl/α,β-unsaturated/α-hetero) is 1. The van der Waals surface area contributed by atoms with Gasteiger partial charge >= 0.3 is 0 Å². The summed E-state index contributed by atoms with van der Waals surface area (Å²) in [5, 5.41) is 4.17. The SMILES string of the molecule is CCC(C)C(=O)CCc1ccsc1. The molecule has 0 radical (unpaired) electrons. The molecule has 0 amide bonds. The third kappa shape index (κ3) is 3.31. The van der Waals surface area contributed by atoms with Crippen LogP contribution in [0.4, 0.5) is 0 Å². The third-order valence-electron chi connectivity index (χ3n) is 2.40. The number of hydrogen-bond donors (Lipinski definition) is 0. The molecule has 2 heteroatoms. The number of ketones is 1. The van der Waals surface area contributed by atoms with Gasteiger partial charge in [0.1, 0.15) is 5.78 Å². The van der Waals surface area contributed by atoms with Gasteiger partial charge in [-0.15, -0.1) is 0 Å². The Bertz CT molecular complexity index is 251. The molecule has 1 rings (SSSR count). The van der Waals surface area contributed by atoms with E-state index >= 15 is 0 Å². The molecule has 13 heavy (non-hydrogen) atoms. The molecule has 1 nitrogen and oxygen atoms in total. The Hall–Kier alpha value is -0.630. The molecule has 1 unspecified atom stereocenters. The summed E-state index contributed by atoms with van der Waals surface area (Å²) in [5.41, 5.74) is 1.29. The lowest BCUT2D eigenvalue weighted by Crippen LogP contribution is -2.10. The van der Waals surface area contributed by atoms with Gasteiger partial charge < -0.3 is 0 Å². The van der Waals surface area contributed by atoms with Crippen LogP contribution in [0.15, 0.2) is 16.8 Å². The molecule has 1 atom stereocenters. The zero-order valence-corrected chi connectivity index (χ0v) is 9.06. The lowest BCUT2D eigenvalue weighted by atomic mass is 9.98. The van der Waals surface area contributed by atoms with Gasteiger partial charge in [-0.2, -0.15) is 11.3 Å². The topological polar surface area (TPSA) is 17.1 Å². The highest BCUT2D eigenvalue weighted by molar-refractivity contribution is 7.07. The summed E-state index contributed by atoms with van der Waals surface area (Å²) in [7, 11) is 0. The van der Waals surface area contributed by atoms with Crippen LogP contribution in [0.2, 0.25) is 0 Å². The van der Waals surface area contributed by atoms with Crippen molar-refractivity contribution in [2.45, 2.75) is 33.1 Å². The number of hydrogen-bond acceptors (Lipinski definition) is 2. The first kappa shape index (κ1) is 10.5. The lowest BCUT2D eigenvalue weighted by molar-refractivity contribution is -0.122. The van der Waals surface area contributed by atoms with E-state index in [-0.39, 0.29) is 5.92 Å². The Morgan fingerprint density at radius 1 is 1.62 bits per heavy atom. The van der Waals surface area contributed by atoms with Crippen LogP contribution in [-0.2, 0) is 11.2 Å². The summed E-state index contributed by atoms with van der Waals surface area (Å²) in [4.78, 5) is 11.5. The quantitative estimate of drug-likeness (QED) is 0.706. The van der Waals surface area contributed by atoms with Crippen molar-refractivity contribution in [3.8, 4) is 0 Å². The average Bonchev–Trinajstić information content (AvgIpc) is 2.65. The van der Waals surface area contributed by atoms with Gasteiger partial charge in [-0.1, -0.05) is 13.8 Å². The van der Waals surface area contributed by atoms with Crippen molar-refractivity contribution in [2.75, 3.05) is 0 Å². The van der Waals surface area contributed by atoms with Gasteiger partial charge in [0.2, 0.25) is 0 Å². The molecular weight excluding hydrogens is 180 g/mol. The predicted molar refractivity (Wildman–Crippen MR) is 57.1 cm³/mol. The first-order chi connectivity index (χ1) is 6.24. The highest BCUT2D eigenvalue weighted by Gasteiger charge is 2.09. The van der Waals surface area contributed by atoms with E-state index in [2.05, 4.69) is 23.8 Å². The van der Waals surface area contributed by atoms with Crippen LogP contribution in [0, 0.1) is 5.92 Å². The van der Waals surface area contributed by atoms with Crippen LogP contribution in [0.5, 0.6) is 0 Å². The van der Waals surface area contributed by atoms with Crippen LogP contribution in [0.3, 0.4) is 0 Å². The maximum absolute atomic E-state index is 11.5. The van der Waals surface area contributed by atoms with Gasteiger partial charge in [-0.3, -0.25) is 4.79 Å². The second kappa shape index (κ2) is 5.18. The van der Waals surface area contributed by atoms with E-state index in [1.54, 1.807) is 11.3 Å². The Morgan fingerprint density at radius 3 is 2.92 bits per heavy atom. The number of carbonyl (C=O) groups is 1. The normalized spacial score (nSPS) is 12.8. The maximum atomic E-state index is 11.5. The summed E-state index contributed by atoms with van der Waals surface area (Å²) in [6, 6.07) is 2.09. The fourth-order valence-corrected chi connectivity index (χ4v) is 1.88. The number of thiophene rings is 1. The molecule has 1 aromatic rings. The van der Waals surface area contributed by atoms with Gasteiger partial charge in [-0.05, 0) is 35.2 Å². The van der Waals surface area contributed by atoms with E-state index in [0.717, 1.165) is 12.8 Å².